The smallest absolute Gasteiger partial charge is 0.247 e. The van der Waals surface area contributed by atoms with Gasteiger partial charge in [0, 0.05) is 38.3 Å². The number of hydrogen-bond acceptors (Lipinski definition) is 5. The molecule has 1 atom stereocenters. The summed E-state index contributed by atoms with van der Waals surface area (Å²) in [5, 5.41) is 14.8. The number of nitrogens with zero attached hydrogens (tertiary/aromatic N) is 1. The van der Waals surface area contributed by atoms with Gasteiger partial charge in [-0.2, -0.15) is 4.31 Å². The van der Waals surface area contributed by atoms with Crippen molar-refractivity contribution in [2.24, 2.45) is 0 Å². The summed E-state index contributed by atoms with van der Waals surface area (Å²) in [4.78, 5) is 0.0243. The molecule has 2 aromatic carbocycles. The Balaban J connectivity index is 2.05. The van der Waals surface area contributed by atoms with Crippen LogP contribution in [0, 0.1) is 19.1 Å². The maximum atomic E-state index is 13.2. The molecule has 1 heterocycles. The molecule has 1 unspecified atom stereocenters. The number of quaternary nitrogens is 1. The first kappa shape index (κ1) is 19.8. The molecular formula is C19H25N3O4S. The third-order valence-corrected chi connectivity index (χ3v) is 6.39. The fourth-order valence-corrected chi connectivity index (χ4v) is 4.74. The van der Waals surface area contributed by atoms with E-state index in [1.54, 1.807) is 12.1 Å². The van der Waals surface area contributed by atoms with Crippen molar-refractivity contribution in [3.63, 3.8) is 0 Å². The molecule has 1 aliphatic heterocycles. The lowest BCUT2D eigenvalue weighted by Gasteiger charge is -2.28. The number of sulfonamides is 1. The largest absolute Gasteiger partial charge is 0.629 e. The van der Waals surface area contributed by atoms with Crippen LogP contribution in [-0.4, -0.2) is 45.9 Å². The maximum absolute atomic E-state index is 13.2. The molecule has 8 heteroatoms. The monoisotopic (exact) mass is 391 g/mol. The van der Waals surface area contributed by atoms with Gasteiger partial charge in [0.25, 0.3) is 0 Å². The number of hydrogen-bond donors (Lipinski definition) is 2. The first-order valence-electron chi connectivity index (χ1n) is 8.89. The summed E-state index contributed by atoms with van der Waals surface area (Å²) in [5.41, 5.74) is 2.39. The lowest BCUT2D eigenvalue weighted by atomic mass is 10.1. The van der Waals surface area contributed by atoms with E-state index in [1.165, 1.54) is 17.4 Å². The van der Waals surface area contributed by atoms with E-state index in [1.807, 2.05) is 32.0 Å². The molecule has 0 bridgehead atoms. The van der Waals surface area contributed by atoms with Gasteiger partial charge in [-0.25, -0.2) is 8.42 Å². The predicted octanol–water partition coefficient (Wildman–Crippen LogP) is 1.33. The van der Waals surface area contributed by atoms with Gasteiger partial charge in [0.2, 0.25) is 10.0 Å². The molecule has 2 aromatic rings. The van der Waals surface area contributed by atoms with E-state index in [0.717, 1.165) is 11.1 Å². The number of ether oxygens (including phenoxy) is 1. The summed E-state index contributed by atoms with van der Waals surface area (Å²) in [6, 6.07) is 10.3. The van der Waals surface area contributed by atoms with Crippen LogP contribution in [0.25, 0.3) is 0 Å². The van der Waals surface area contributed by atoms with Crippen LogP contribution >= 0.6 is 0 Å². The Hall–Kier alpha value is -1.97. The zero-order valence-electron chi connectivity index (χ0n) is 15.8. The Labute approximate surface area is 160 Å². The Morgan fingerprint density at radius 1 is 1.07 bits per heavy atom. The highest BCUT2D eigenvalue weighted by Gasteiger charge is 2.30. The summed E-state index contributed by atoms with van der Waals surface area (Å²) in [6.45, 7) is 5.87. The van der Waals surface area contributed by atoms with E-state index in [9.17, 15) is 13.6 Å². The van der Waals surface area contributed by atoms with Crippen LogP contribution in [0.4, 0.5) is 5.69 Å². The quantitative estimate of drug-likeness (QED) is 0.751. The standard InChI is InChI=1S/C19H25N3O4S/c1-14-10-15(2)12-17(11-14)26-18-5-4-16(21(3)23)13-19(18)27(24,25)22-8-6-20-7-9-22/h4-5,10-13,20-21H,6-9H2,1-3H3. The molecule has 0 aromatic heterocycles. The van der Waals surface area contributed by atoms with Crippen molar-refractivity contribution in [2.45, 2.75) is 18.7 Å². The molecule has 1 fully saturated rings. The van der Waals surface area contributed by atoms with E-state index in [4.69, 9.17) is 4.74 Å². The van der Waals surface area contributed by atoms with E-state index in [0.29, 0.717) is 37.6 Å². The Bertz CT molecular complexity index is 902. The predicted molar refractivity (Wildman–Crippen MR) is 104 cm³/mol. The third kappa shape index (κ3) is 4.48. The molecule has 0 radical (unpaired) electrons. The van der Waals surface area contributed by atoms with Gasteiger partial charge in [-0.15, -0.1) is 0 Å². The van der Waals surface area contributed by atoms with Crippen molar-refractivity contribution in [2.75, 3.05) is 33.2 Å². The van der Waals surface area contributed by atoms with Gasteiger partial charge in [0.1, 0.15) is 22.1 Å². The second-order valence-electron chi connectivity index (χ2n) is 6.80. The van der Waals surface area contributed by atoms with Gasteiger partial charge in [0.05, 0.1) is 7.05 Å². The highest BCUT2D eigenvalue weighted by atomic mass is 32.2. The second-order valence-corrected chi connectivity index (χ2v) is 8.70. The number of piperazine rings is 1. The number of aryl methyl sites for hydroxylation is 2. The van der Waals surface area contributed by atoms with Gasteiger partial charge in [-0.3, -0.25) is 0 Å². The number of hydroxylamine groups is 1. The molecule has 0 spiro atoms. The molecule has 1 saturated heterocycles. The van der Waals surface area contributed by atoms with Crippen LogP contribution in [0.15, 0.2) is 41.3 Å². The lowest BCUT2D eigenvalue weighted by molar-refractivity contribution is -0.751. The van der Waals surface area contributed by atoms with Crippen molar-refractivity contribution in [1.82, 2.24) is 9.62 Å². The van der Waals surface area contributed by atoms with Crippen molar-refractivity contribution in [1.29, 1.82) is 0 Å². The summed E-state index contributed by atoms with van der Waals surface area (Å²) in [6.07, 6.45) is 0. The van der Waals surface area contributed by atoms with E-state index < -0.39 is 10.0 Å². The fraction of sp³-hybridized carbons (Fsp3) is 0.368. The molecule has 2 N–H and O–H groups in total. The highest BCUT2D eigenvalue weighted by Crippen LogP contribution is 2.33. The minimum Gasteiger partial charge on any atom is -0.629 e. The van der Waals surface area contributed by atoms with Crippen LogP contribution in [0.5, 0.6) is 11.5 Å². The summed E-state index contributed by atoms with van der Waals surface area (Å²) < 4.78 is 33.8. The molecule has 3 rings (SSSR count). The third-order valence-electron chi connectivity index (χ3n) is 4.47. The lowest BCUT2D eigenvalue weighted by Crippen LogP contribution is -2.98. The van der Waals surface area contributed by atoms with E-state index >= 15 is 0 Å². The molecular weight excluding hydrogens is 366 g/mol. The second kappa shape index (κ2) is 7.95. The first-order valence-corrected chi connectivity index (χ1v) is 10.3. The van der Waals surface area contributed by atoms with Crippen molar-refractivity contribution >= 4 is 15.7 Å². The van der Waals surface area contributed by atoms with Crippen molar-refractivity contribution in [3.8, 4) is 11.5 Å². The molecule has 146 valence electrons. The van der Waals surface area contributed by atoms with Crippen molar-refractivity contribution in [3.05, 3.63) is 52.7 Å². The van der Waals surface area contributed by atoms with Gasteiger partial charge in [-0.1, -0.05) is 6.07 Å². The fourth-order valence-electron chi connectivity index (χ4n) is 3.16. The van der Waals surface area contributed by atoms with Gasteiger partial charge in [-0.05, 0) is 43.2 Å². The molecule has 27 heavy (non-hydrogen) atoms. The molecule has 7 nitrogen and oxygen atoms in total. The minimum absolute atomic E-state index is 0.0243. The normalized spacial score (nSPS) is 16.9. The van der Waals surface area contributed by atoms with Crippen molar-refractivity contribution < 1.29 is 18.2 Å². The number of benzene rings is 2. The average molecular weight is 391 g/mol. The average Bonchev–Trinajstić information content (AvgIpc) is 2.61. The minimum atomic E-state index is -3.77. The summed E-state index contributed by atoms with van der Waals surface area (Å²) in [5.74, 6) is 0.795. The molecule has 0 saturated carbocycles. The van der Waals surface area contributed by atoms with Crippen LogP contribution in [-0.2, 0) is 10.0 Å². The van der Waals surface area contributed by atoms with Crippen LogP contribution in [0.3, 0.4) is 0 Å². The first-order chi connectivity index (χ1) is 12.8. The SMILES string of the molecule is Cc1cc(C)cc(Oc2ccc([NH+](C)[O-])cc2S(=O)(=O)N2CCNCC2)c1. The zero-order chi connectivity index (χ0) is 19.6. The maximum Gasteiger partial charge on any atom is 0.247 e. The van der Waals surface area contributed by atoms with E-state index in [2.05, 4.69) is 5.32 Å². The zero-order valence-corrected chi connectivity index (χ0v) is 16.6. The topological polar surface area (TPSA) is 86.1 Å². The number of nitrogens with one attached hydrogen (secondary N) is 2. The Kier molecular flexibility index (Phi) is 5.83. The summed E-state index contributed by atoms with van der Waals surface area (Å²) in [7, 11) is -2.36. The molecule has 1 aliphatic rings. The number of rotatable bonds is 5. The Morgan fingerprint density at radius 2 is 1.70 bits per heavy atom. The highest BCUT2D eigenvalue weighted by molar-refractivity contribution is 7.89. The van der Waals surface area contributed by atoms with Gasteiger partial charge >= 0.3 is 0 Å². The molecule has 0 amide bonds. The molecule has 0 aliphatic carbocycles. The summed E-state index contributed by atoms with van der Waals surface area (Å²) >= 11 is 0. The van der Waals surface area contributed by atoms with E-state index in [-0.39, 0.29) is 15.7 Å². The van der Waals surface area contributed by atoms with Gasteiger partial charge < -0.3 is 20.3 Å². The Morgan fingerprint density at radius 3 is 2.30 bits per heavy atom. The van der Waals surface area contributed by atoms with Gasteiger partial charge in [0.15, 0.2) is 0 Å². The van der Waals surface area contributed by atoms with Crippen LogP contribution in [0.1, 0.15) is 11.1 Å². The van der Waals surface area contributed by atoms with Crippen LogP contribution in [0.2, 0.25) is 0 Å². The van der Waals surface area contributed by atoms with Crippen LogP contribution < -0.4 is 15.1 Å².